The fraction of sp³-hybridized carbons (Fsp3) is 0.333. The zero-order valence-electron chi connectivity index (χ0n) is 12.2. The first-order chi connectivity index (χ1) is 10.1. The molecule has 1 aromatic heterocycles. The van der Waals surface area contributed by atoms with Gasteiger partial charge in [0.05, 0.1) is 23.3 Å². The van der Waals surface area contributed by atoms with Gasteiger partial charge in [-0.05, 0) is 32.4 Å². The Morgan fingerprint density at radius 1 is 1.38 bits per heavy atom. The number of amides is 2. The van der Waals surface area contributed by atoms with Crippen LogP contribution in [0.25, 0.3) is 5.69 Å². The second-order valence-electron chi connectivity index (χ2n) is 4.90. The highest BCUT2D eigenvalue weighted by molar-refractivity contribution is 5.89. The number of hydrogen-bond donors (Lipinski definition) is 3. The number of anilines is 1. The second-order valence-corrected chi connectivity index (χ2v) is 4.90. The van der Waals surface area contributed by atoms with E-state index in [-0.39, 0.29) is 18.7 Å². The average molecular weight is 288 g/mol. The summed E-state index contributed by atoms with van der Waals surface area (Å²) in [6.07, 6.45) is 2.15. The molecule has 2 rings (SSSR count). The summed E-state index contributed by atoms with van der Waals surface area (Å²) in [7, 11) is 0. The van der Waals surface area contributed by atoms with Crippen LogP contribution in [0.1, 0.15) is 19.0 Å². The lowest BCUT2D eigenvalue weighted by Gasteiger charge is -2.13. The predicted molar refractivity (Wildman–Crippen MR) is 81.6 cm³/mol. The van der Waals surface area contributed by atoms with E-state index in [9.17, 15) is 4.79 Å². The molecule has 0 unspecified atom stereocenters. The van der Waals surface area contributed by atoms with Crippen molar-refractivity contribution in [2.45, 2.75) is 26.3 Å². The predicted octanol–water partition coefficient (Wildman–Crippen LogP) is 2.07. The highest BCUT2D eigenvalue weighted by Gasteiger charge is 2.12. The zero-order chi connectivity index (χ0) is 15.2. The van der Waals surface area contributed by atoms with Crippen molar-refractivity contribution in [1.82, 2.24) is 15.1 Å². The minimum atomic E-state index is -0.299. The number of nitrogens with one attached hydrogen (secondary N) is 2. The molecule has 0 fully saturated rings. The molecule has 0 aliphatic rings. The van der Waals surface area contributed by atoms with Crippen molar-refractivity contribution in [2.24, 2.45) is 0 Å². The number of aliphatic hydroxyl groups excluding tert-OH is 1. The van der Waals surface area contributed by atoms with Crippen LogP contribution in [0, 0.1) is 6.92 Å². The molecular formula is C15H20N4O2. The molecule has 0 saturated carbocycles. The van der Waals surface area contributed by atoms with Crippen LogP contribution in [-0.4, -0.2) is 33.6 Å². The molecule has 6 nitrogen and oxygen atoms in total. The maximum atomic E-state index is 11.9. The van der Waals surface area contributed by atoms with E-state index in [1.807, 2.05) is 44.2 Å². The van der Waals surface area contributed by atoms with E-state index in [1.54, 1.807) is 10.9 Å². The Bertz CT molecular complexity index is 595. The Labute approximate surface area is 123 Å². The zero-order valence-corrected chi connectivity index (χ0v) is 12.2. The minimum Gasteiger partial charge on any atom is -0.396 e. The molecule has 0 saturated heterocycles. The molecule has 112 valence electrons. The smallest absolute Gasteiger partial charge is 0.319 e. The molecule has 6 heteroatoms. The summed E-state index contributed by atoms with van der Waals surface area (Å²) in [5.41, 5.74) is 2.45. The molecule has 3 N–H and O–H groups in total. The van der Waals surface area contributed by atoms with Gasteiger partial charge in [-0.1, -0.05) is 18.2 Å². The SMILES string of the molecule is Cc1c(NC(=O)N[C@H](C)CCO)cnn1-c1ccccc1. The highest BCUT2D eigenvalue weighted by atomic mass is 16.3. The molecule has 21 heavy (non-hydrogen) atoms. The molecule has 0 radical (unpaired) electrons. The Morgan fingerprint density at radius 2 is 2.10 bits per heavy atom. The number of hydrogen-bond acceptors (Lipinski definition) is 3. The van der Waals surface area contributed by atoms with E-state index >= 15 is 0 Å². The van der Waals surface area contributed by atoms with Gasteiger partial charge < -0.3 is 15.7 Å². The van der Waals surface area contributed by atoms with E-state index in [0.717, 1.165) is 11.4 Å². The van der Waals surface area contributed by atoms with Gasteiger partial charge in [-0.15, -0.1) is 0 Å². The van der Waals surface area contributed by atoms with Gasteiger partial charge in [-0.2, -0.15) is 5.10 Å². The molecule has 2 amide bonds. The van der Waals surface area contributed by atoms with E-state index in [0.29, 0.717) is 12.1 Å². The summed E-state index contributed by atoms with van der Waals surface area (Å²) < 4.78 is 1.77. The number of rotatable bonds is 5. The van der Waals surface area contributed by atoms with Crippen LogP contribution in [0.2, 0.25) is 0 Å². The van der Waals surface area contributed by atoms with Crippen LogP contribution in [0.3, 0.4) is 0 Å². The summed E-state index contributed by atoms with van der Waals surface area (Å²) in [5, 5.41) is 18.6. The monoisotopic (exact) mass is 288 g/mol. The van der Waals surface area contributed by atoms with E-state index in [4.69, 9.17) is 5.11 Å². The lowest BCUT2D eigenvalue weighted by atomic mass is 10.2. The van der Waals surface area contributed by atoms with Gasteiger partial charge in [0.1, 0.15) is 0 Å². The third-order valence-electron chi connectivity index (χ3n) is 3.20. The third-order valence-corrected chi connectivity index (χ3v) is 3.20. The number of para-hydroxylation sites is 1. The fourth-order valence-electron chi connectivity index (χ4n) is 2.01. The molecule has 0 bridgehead atoms. The first-order valence-electron chi connectivity index (χ1n) is 6.90. The number of carbonyl (C=O) groups is 1. The van der Waals surface area contributed by atoms with Crippen LogP contribution in [-0.2, 0) is 0 Å². The molecule has 0 aliphatic carbocycles. The highest BCUT2D eigenvalue weighted by Crippen LogP contribution is 2.17. The maximum absolute atomic E-state index is 11.9. The van der Waals surface area contributed by atoms with Gasteiger partial charge in [-0.25, -0.2) is 9.48 Å². The van der Waals surface area contributed by atoms with Gasteiger partial charge >= 0.3 is 6.03 Å². The number of urea groups is 1. The van der Waals surface area contributed by atoms with Crippen molar-refractivity contribution in [3.8, 4) is 5.69 Å². The first-order valence-corrected chi connectivity index (χ1v) is 6.90. The van der Waals surface area contributed by atoms with Crippen molar-refractivity contribution >= 4 is 11.7 Å². The molecule has 1 aromatic carbocycles. The number of aromatic nitrogens is 2. The van der Waals surface area contributed by atoms with E-state index in [2.05, 4.69) is 15.7 Å². The summed E-state index contributed by atoms with van der Waals surface area (Å²) in [5.74, 6) is 0. The second kappa shape index (κ2) is 6.90. The number of carbonyl (C=O) groups excluding carboxylic acids is 1. The summed E-state index contributed by atoms with van der Waals surface area (Å²) in [6.45, 7) is 3.79. The van der Waals surface area contributed by atoms with Gasteiger partial charge in [0.2, 0.25) is 0 Å². The average Bonchev–Trinajstić information content (AvgIpc) is 2.81. The summed E-state index contributed by atoms with van der Waals surface area (Å²) >= 11 is 0. The Balaban J connectivity index is 2.06. The molecule has 0 spiro atoms. The minimum absolute atomic E-state index is 0.0480. The lowest BCUT2D eigenvalue weighted by Crippen LogP contribution is -2.36. The Morgan fingerprint density at radius 3 is 2.76 bits per heavy atom. The topological polar surface area (TPSA) is 79.2 Å². The Hall–Kier alpha value is -2.34. The fourth-order valence-corrected chi connectivity index (χ4v) is 2.01. The van der Waals surface area contributed by atoms with Crippen molar-refractivity contribution in [1.29, 1.82) is 0 Å². The quantitative estimate of drug-likeness (QED) is 0.788. The van der Waals surface area contributed by atoms with Gasteiger partial charge in [0.25, 0.3) is 0 Å². The lowest BCUT2D eigenvalue weighted by molar-refractivity contribution is 0.241. The Kier molecular flexibility index (Phi) is 4.94. The number of nitrogens with zero attached hydrogens (tertiary/aromatic N) is 2. The summed E-state index contributed by atoms with van der Waals surface area (Å²) in [6, 6.07) is 9.34. The number of aliphatic hydroxyl groups is 1. The standard InChI is InChI=1S/C15H20N4O2/c1-11(8-9-20)17-15(21)18-14-10-16-19(12(14)2)13-6-4-3-5-7-13/h3-7,10-11,20H,8-9H2,1-2H3,(H2,17,18,21)/t11-/m1/s1. The van der Waals surface area contributed by atoms with Crippen molar-refractivity contribution in [2.75, 3.05) is 11.9 Å². The van der Waals surface area contributed by atoms with E-state index < -0.39 is 0 Å². The van der Waals surface area contributed by atoms with Crippen molar-refractivity contribution in [3.63, 3.8) is 0 Å². The van der Waals surface area contributed by atoms with Gasteiger partial charge in [0.15, 0.2) is 0 Å². The van der Waals surface area contributed by atoms with E-state index in [1.165, 1.54) is 0 Å². The van der Waals surface area contributed by atoms with Crippen LogP contribution in [0.15, 0.2) is 36.5 Å². The molecular weight excluding hydrogens is 268 g/mol. The van der Waals surface area contributed by atoms with Crippen molar-refractivity contribution in [3.05, 3.63) is 42.2 Å². The normalized spacial score (nSPS) is 12.0. The molecule has 1 atom stereocenters. The number of benzene rings is 1. The van der Waals surface area contributed by atoms with Crippen molar-refractivity contribution < 1.29 is 9.90 Å². The van der Waals surface area contributed by atoms with Gasteiger partial charge in [0, 0.05) is 12.6 Å². The third kappa shape index (κ3) is 3.82. The van der Waals surface area contributed by atoms with Crippen LogP contribution < -0.4 is 10.6 Å². The summed E-state index contributed by atoms with van der Waals surface area (Å²) in [4.78, 5) is 11.9. The maximum Gasteiger partial charge on any atom is 0.319 e. The largest absolute Gasteiger partial charge is 0.396 e. The van der Waals surface area contributed by atoms with Crippen LogP contribution >= 0.6 is 0 Å². The molecule has 0 aliphatic heterocycles. The molecule has 2 aromatic rings. The van der Waals surface area contributed by atoms with Crippen LogP contribution in [0.5, 0.6) is 0 Å². The van der Waals surface area contributed by atoms with Gasteiger partial charge in [-0.3, -0.25) is 0 Å². The van der Waals surface area contributed by atoms with Crippen LogP contribution in [0.4, 0.5) is 10.5 Å². The molecule has 1 heterocycles. The first kappa shape index (κ1) is 15.1.